The van der Waals surface area contributed by atoms with Crippen LogP contribution in [0, 0.1) is 5.82 Å². The van der Waals surface area contributed by atoms with Crippen LogP contribution in [0.3, 0.4) is 0 Å². The lowest BCUT2D eigenvalue weighted by atomic mass is 10.1. The van der Waals surface area contributed by atoms with E-state index >= 15 is 0 Å². The van der Waals surface area contributed by atoms with Crippen molar-refractivity contribution in [2.45, 2.75) is 26.8 Å². The normalized spacial score (nSPS) is 11.0. The molecular formula is C23H26FN3O2S. The monoisotopic (exact) mass is 427 g/mol. The van der Waals surface area contributed by atoms with E-state index in [1.165, 1.54) is 17.4 Å². The van der Waals surface area contributed by atoms with Gasteiger partial charge in [-0.15, -0.1) is 11.3 Å². The number of nitrogens with zero attached hydrogens (tertiary/aromatic N) is 3. The van der Waals surface area contributed by atoms with Crippen LogP contribution in [0.5, 0.6) is 5.75 Å². The first-order chi connectivity index (χ1) is 14.5. The van der Waals surface area contributed by atoms with Gasteiger partial charge in [-0.2, -0.15) is 0 Å². The molecule has 1 amide bonds. The lowest BCUT2D eigenvalue weighted by Crippen LogP contribution is -2.25. The smallest absolute Gasteiger partial charge is 0.230 e. The lowest BCUT2D eigenvalue weighted by molar-refractivity contribution is -0.115. The van der Waals surface area contributed by atoms with Crippen molar-refractivity contribution in [3.05, 3.63) is 71.0 Å². The van der Waals surface area contributed by atoms with Gasteiger partial charge in [0.15, 0.2) is 16.7 Å². The Bertz CT molecular complexity index is 992. The molecule has 158 valence electrons. The average molecular weight is 428 g/mol. The molecule has 0 N–H and O–H groups in total. The third-order valence-electron chi connectivity index (χ3n) is 4.66. The molecule has 0 fully saturated rings. The average Bonchev–Trinajstić information content (AvgIpc) is 3.17. The summed E-state index contributed by atoms with van der Waals surface area (Å²) in [5.41, 5.74) is 2.86. The van der Waals surface area contributed by atoms with E-state index in [4.69, 9.17) is 4.74 Å². The van der Waals surface area contributed by atoms with Crippen LogP contribution in [0.15, 0.2) is 53.9 Å². The third kappa shape index (κ3) is 5.43. The molecule has 7 heteroatoms. The molecule has 3 aromatic rings. The van der Waals surface area contributed by atoms with E-state index in [-0.39, 0.29) is 17.5 Å². The molecule has 5 nitrogen and oxygen atoms in total. The van der Waals surface area contributed by atoms with Gasteiger partial charge in [0.1, 0.15) is 6.61 Å². The predicted molar refractivity (Wildman–Crippen MR) is 119 cm³/mol. The van der Waals surface area contributed by atoms with Gasteiger partial charge in [-0.3, -0.25) is 14.6 Å². The number of rotatable bonds is 9. The summed E-state index contributed by atoms with van der Waals surface area (Å²) >= 11 is 1.45. The highest BCUT2D eigenvalue weighted by molar-refractivity contribution is 7.14. The first kappa shape index (κ1) is 21.9. The minimum atomic E-state index is -0.360. The second-order valence-corrected chi connectivity index (χ2v) is 7.81. The second-order valence-electron chi connectivity index (χ2n) is 6.97. The number of hydrogen-bond donors (Lipinski definition) is 0. The van der Waals surface area contributed by atoms with Gasteiger partial charge >= 0.3 is 0 Å². The summed E-state index contributed by atoms with van der Waals surface area (Å²) in [4.78, 5) is 20.8. The van der Waals surface area contributed by atoms with Crippen LogP contribution in [0.4, 0.5) is 15.2 Å². The summed E-state index contributed by atoms with van der Waals surface area (Å²) in [6.07, 6.45) is 0.836. The first-order valence-electron chi connectivity index (χ1n) is 9.88. The van der Waals surface area contributed by atoms with Gasteiger partial charge in [0.05, 0.1) is 11.4 Å². The van der Waals surface area contributed by atoms with Gasteiger partial charge in [0, 0.05) is 25.4 Å². The van der Waals surface area contributed by atoms with Gasteiger partial charge < -0.3 is 4.74 Å². The number of amides is 1. The summed E-state index contributed by atoms with van der Waals surface area (Å²) in [5.74, 6) is -0.169. The molecule has 0 aliphatic heterocycles. The fourth-order valence-electron chi connectivity index (χ4n) is 3.14. The van der Waals surface area contributed by atoms with Crippen LogP contribution in [0.25, 0.3) is 0 Å². The lowest BCUT2D eigenvalue weighted by Gasteiger charge is -2.21. The van der Waals surface area contributed by atoms with E-state index < -0.39 is 0 Å². The topological polar surface area (TPSA) is 45.7 Å². The SMILES string of the molecule is CCc1ccccc1N(C(C)=O)c1nc(CN(C)CCOc2ccccc2F)cs1. The van der Waals surface area contributed by atoms with Crippen molar-refractivity contribution in [2.75, 3.05) is 25.1 Å². The van der Waals surface area contributed by atoms with Gasteiger partial charge in [-0.25, -0.2) is 9.37 Å². The summed E-state index contributed by atoms with van der Waals surface area (Å²) in [6.45, 7) is 5.23. The Hall–Kier alpha value is -2.77. The maximum absolute atomic E-state index is 13.6. The fraction of sp³-hybridized carbons (Fsp3) is 0.304. The second kappa shape index (κ2) is 10.3. The van der Waals surface area contributed by atoms with Crippen molar-refractivity contribution in [2.24, 2.45) is 0 Å². The molecule has 0 saturated carbocycles. The maximum atomic E-state index is 13.6. The number of ether oxygens (including phenoxy) is 1. The van der Waals surface area contributed by atoms with Gasteiger partial charge in [-0.1, -0.05) is 37.3 Å². The number of aromatic nitrogens is 1. The highest BCUT2D eigenvalue weighted by Crippen LogP contribution is 2.32. The van der Waals surface area contributed by atoms with Crippen molar-refractivity contribution >= 4 is 28.1 Å². The number of aryl methyl sites for hydroxylation is 1. The van der Waals surface area contributed by atoms with Crippen LogP contribution >= 0.6 is 11.3 Å². The molecule has 30 heavy (non-hydrogen) atoms. The highest BCUT2D eigenvalue weighted by Gasteiger charge is 2.20. The molecule has 1 aromatic heterocycles. The van der Waals surface area contributed by atoms with Gasteiger partial charge in [0.2, 0.25) is 5.91 Å². The Kier molecular flexibility index (Phi) is 7.54. The number of thiazole rings is 1. The number of carbonyl (C=O) groups is 1. The number of para-hydroxylation sites is 2. The molecule has 0 atom stereocenters. The number of hydrogen-bond acceptors (Lipinski definition) is 5. The predicted octanol–water partition coefficient (Wildman–Crippen LogP) is 5.04. The third-order valence-corrected chi connectivity index (χ3v) is 5.53. The van der Waals surface area contributed by atoms with Crippen LogP contribution in [-0.4, -0.2) is 36.0 Å². The van der Waals surface area contributed by atoms with Crippen molar-refractivity contribution in [1.29, 1.82) is 0 Å². The molecule has 0 spiro atoms. The Morgan fingerprint density at radius 1 is 1.17 bits per heavy atom. The van der Waals surface area contributed by atoms with Crippen molar-refractivity contribution < 1.29 is 13.9 Å². The maximum Gasteiger partial charge on any atom is 0.230 e. The first-order valence-corrected chi connectivity index (χ1v) is 10.8. The molecule has 0 aliphatic rings. The Morgan fingerprint density at radius 3 is 2.63 bits per heavy atom. The van der Waals surface area contributed by atoms with E-state index in [2.05, 4.69) is 16.8 Å². The minimum absolute atomic E-state index is 0.0663. The molecule has 0 bridgehead atoms. The molecule has 3 rings (SSSR count). The molecule has 0 radical (unpaired) electrons. The van der Waals surface area contributed by atoms with Crippen LogP contribution < -0.4 is 9.64 Å². The number of benzene rings is 2. The van der Waals surface area contributed by atoms with Crippen molar-refractivity contribution in [3.63, 3.8) is 0 Å². The molecule has 1 heterocycles. The van der Waals surface area contributed by atoms with E-state index in [0.29, 0.717) is 24.8 Å². The molecular weight excluding hydrogens is 401 g/mol. The van der Waals surface area contributed by atoms with Crippen molar-refractivity contribution in [1.82, 2.24) is 9.88 Å². The number of likely N-dealkylation sites (N-methyl/N-ethyl adjacent to an activating group) is 1. The van der Waals surface area contributed by atoms with Crippen LogP contribution in [-0.2, 0) is 17.8 Å². The minimum Gasteiger partial charge on any atom is -0.489 e. The zero-order valence-corrected chi connectivity index (χ0v) is 18.3. The Morgan fingerprint density at radius 2 is 1.90 bits per heavy atom. The van der Waals surface area contributed by atoms with Crippen molar-refractivity contribution in [3.8, 4) is 5.75 Å². The van der Waals surface area contributed by atoms with E-state index in [1.54, 1.807) is 30.0 Å². The number of halogens is 1. The molecule has 0 aliphatic carbocycles. The largest absolute Gasteiger partial charge is 0.489 e. The fourth-order valence-corrected chi connectivity index (χ4v) is 4.01. The van der Waals surface area contributed by atoms with Crippen LogP contribution in [0.1, 0.15) is 25.1 Å². The van der Waals surface area contributed by atoms with Gasteiger partial charge in [0.25, 0.3) is 0 Å². The van der Waals surface area contributed by atoms with Crippen LogP contribution in [0.2, 0.25) is 0 Å². The summed E-state index contributed by atoms with van der Waals surface area (Å²) < 4.78 is 19.1. The number of carbonyl (C=O) groups excluding carboxylic acids is 1. The zero-order valence-electron chi connectivity index (χ0n) is 17.5. The standard InChI is InChI=1S/C23H26FN3O2S/c1-4-18-9-5-7-11-21(18)27(17(2)28)23-25-19(16-30-23)15-26(3)13-14-29-22-12-8-6-10-20(22)24/h5-12,16H,4,13-15H2,1-3H3. The molecule has 0 saturated heterocycles. The Balaban J connectivity index is 1.63. The summed E-state index contributed by atoms with van der Waals surface area (Å²) in [6, 6.07) is 14.3. The highest BCUT2D eigenvalue weighted by atomic mass is 32.1. The van der Waals surface area contributed by atoms with E-state index in [9.17, 15) is 9.18 Å². The number of anilines is 2. The van der Waals surface area contributed by atoms with E-state index in [0.717, 1.165) is 23.4 Å². The summed E-state index contributed by atoms with van der Waals surface area (Å²) in [7, 11) is 1.96. The van der Waals surface area contributed by atoms with Gasteiger partial charge in [-0.05, 0) is 37.2 Å². The molecule has 0 unspecified atom stereocenters. The molecule has 2 aromatic carbocycles. The Labute approximate surface area is 180 Å². The quantitative estimate of drug-likeness (QED) is 0.480. The summed E-state index contributed by atoms with van der Waals surface area (Å²) in [5, 5.41) is 2.63. The van der Waals surface area contributed by atoms with E-state index in [1.807, 2.05) is 36.7 Å². The zero-order chi connectivity index (χ0) is 21.5.